The van der Waals surface area contributed by atoms with Crippen LogP contribution in [0, 0.1) is 5.41 Å². The van der Waals surface area contributed by atoms with Crippen LogP contribution in [0.3, 0.4) is 0 Å². The molecule has 1 unspecified atom stereocenters. The van der Waals surface area contributed by atoms with Gasteiger partial charge in [-0.15, -0.1) is 0 Å². The van der Waals surface area contributed by atoms with Crippen molar-refractivity contribution in [1.29, 1.82) is 0 Å². The highest BCUT2D eigenvalue weighted by Gasteiger charge is 2.36. The molecule has 21 heavy (non-hydrogen) atoms. The highest BCUT2D eigenvalue weighted by Crippen LogP contribution is 2.30. The van der Waals surface area contributed by atoms with Crippen molar-refractivity contribution in [3.05, 3.63) is 0 Å². The molecule has 0 saturated carbocycles. The van der Waals surface area contributed by atoms with Crippen LogP contribution in [0.15, 0.2) is 0 Å². The summed E-state index contributed by atoms with van der Waals surface area (Å²) in [4.78, 5) is 2.62. The lowest BCUT2D eigenvalue weighted by molar-refractivity contribution is -0.135. The number of hydrogen-bond donors (Lipinski definition) is 1. The molecule has 1 fully saturated rings. The molecule has 1 aliphatic rings. The highest BCUT2D eigenvalue weighted by atomic mass is 16.5. The minimum atomic E-state index is -0.0255. The van der Waals surface area contributed by atoms with E-state index >= 15 is 0 Å². The number of ether oxygens (including phenoxy) is 1. The van der Waals surface area contributed by atoms with E-state index in [0.717, 1.165) is 19.6 Å². The Morgan fingerprint density at radius 1 is 1.19 bits per heavy atom. The predicted molar refractivity (Wildman–Crippen MR) is 91.8 cm³/mol. The van der Waals surface area contributed by atoms with E-state index in [9.17, 15) is 0 Å². The summed E-state index contributed by atoms with van der Waals surface area (Å²) in [5.74, 6) is 0. The second-order valence-corrected chi connectivity index (χ2v) is 8.67. The van der Waals surface area contributed by atoms with Crippen molar-refractivity contribution in [2.75, 3.05) is 26.2 Å². The third-order valence-corrected chi connectivity index (χ3v) is 4.69. The van der Waals surface area contributed by atoms with Gasteiger partial charge in [-0.1, -0.05) is 13.8 Å². The number of nitrogens with one attached hydrogen (secondary N) is 1. The maximum Gasteiger partial charge on any atom is 0.0757 e. The number of rotatable bonds is 6. The van der Waals surface area contributed by atoms with Gasteiger partial charge in [-0.3, -0.25) is 4.90 Å². The molecule has 0 bridgehead atoms. The Labute approximate surface area is 132 Å². The Hall–Kier alpha value is -0.120. The summed E-state index contributed by atoms with van der Waals surface area (Å²) in [5, 5.41) is 3.73. The van der Waals surface area contributed by atoms with E-state index < -0.39 is 0 Å². The first-order chi connectivity index (χ1) is 9.51. The standard InChI is InChI=1S/C18H38N2O/c1-9-18(10-2,12-19-16(4,5)6)14-20-11-15(3)21-17(7,8)13-20/h15,19H,9-14H2,1-8H3. The van der Waals surface area contributed by atoms with Crippen molar-refractivity contribution in [2.24, 2.45) is 5.41 Å². The van der Waals surface area contributed by atoms with Gasteiger partial charge in [0.1, 0.15) is 0 Å². The fourth-order valence-electron chi connectivity index (χ4n) is 3.41. The third kappa shape index (κ3) is 6.25. The van der Waals surface area contributed by atoms with Gasteiger partial charge in [-0.25, -0.2) is 0 Å². The molecule has 1 heterocycles. The second kappa shape index (κ2) is 6.97. The Kier molecular flexibility index (Phi) is 6.28. The lowest BCUT2D eigenvalue weighted by Gasteiger charge is -2.46. The first-order valence-electron chi connectivity index (χ1n) is 8.66. The Bertz CT molecular complexity index is 316. The van der Waals surface area contributed by atoms with Crippen LogP contribution in [0.25, 0.3) is 0 Å². The maximum absolute atomic E-state index is 6.04. The van der Waals surface area contributed by atoms with Crippen molar-refractivity contribution in [2.45, 2.75) is 85.5 Å². The fraction of sp³-hybridized carbons (Fsp3) is 1.00. The average molecular weight is 299 g/mol. The van der Waals surface area contributed by atoms with Gasteiger partial charge in [-0.2, -0.15) is 0 Å². The lowest BCUT2D eigenvalue weighted by Crippen LogP contribution is -2.56. The molecule has 3 heteroatoms. The van der Waals surface area contributed by atoms with Gasteiger partial charge in [0.05, 0.1) is 11.7 Å². The molecule has 0 aliphatic carbocycles. The minimum absolute atomic E-state index is 0.0255. The highest BCUT2D eigenvalue weighted by molar-refractivity contribution is 4.90. The first-order valence-corrected chi connectivity index (χ1v) is 8.66. The Morgan fingerprint density at radius 2 is 1.76 bits per heavy atom. The zero-order chi connectivity index (χ0) is 16.3. The van der Waals surface area contributed by atoms with E-state index in [1.807, 2.05) is 0 Å². The van der Waals surface area contributed by atoms with Gasteiger partial charge in [0.2, 0.25) is 0 Å². The molecule has 1 saturated heterocycles. The van der Waals surface area contributed by atoms with Crippen LogP contribution in [-0.4, -0.2) is 48.3 Å². The van der Waals surface area contributed by atoms with Crippen molar-refractivity contribution >= 4 is 0 Å². The van der Waals surface area contributed by atoms with Crippen LogP contribution in [0.1, 0.15) is 68.2 Å². The lowest BCUT2D eigenvalue weighted by atomic mass is 9.80. The van der Waals surface area contributed by atoms with Crippen LogP contribution >= 0.6 is 0 Å². The van der Waals surface area contributed by atoms with Gasteiger partial charge in [0.25, 0.3) is 0 Å². The largest absolute Gasteiger partial charge is 0.370 e. The molecule has 0 aromatic rings. The Balaban J connectivity index is 2.72. The van der Waals surface area contributed by atoms with Crippen molar-refractivity contribution in [3.8, 4) is 0 Å². The third-order valence-electron chi connectivity index (χ3n) is 4.69. The van der Waals surface area contributed by atoms with E-state index in [4.69, 9.17) is 4.74 Å². The van der Waals surface area contributed by atoms with Crippen LogP contribution < -0.4 is 5.32 Å². The molecule has 1 aliphatic heterocycles. The van der Waals surface area contributed by atoms with Gasteiger partial charge < -0.3 is 10.1 Å². The minimum Gasteiger partial charge on any atom is -0.370 e. The molecule has 0 aromatic heterocycles. The van der Waals surface area contributed by atoms with Crippen LogP contribution in [0.2, 0.25) is 0 Å². The summed E-state index contributed by atoms with van der Waals surface area (Å²) in [6, 6.07) is 0. The summed E-state index contributed by atoms with van der Waals surface area (Å²) in [5.41, 5.74) is 0.524. The predicted octanol–water partition coefficient (Wildman–Crippen LogP) is 3.68. The maximum atomic E-state index is 6.04. The SMILES string of the molecule is CCC(CC)(CNC(C)(C)C)CN1CC(C)OC(C)(C)C1. The second-order valence-electron chi connectivity index (χ2n) is 8.67. The molecule has 0 aromatic carbocycles. The number of morpholine rings is 1. The first kappa shape index (κ1) is 18.9. The van der Waals surface area contributed by atoms with E-state index in [2.05, 4.69) is 65.6 Å². The summed E-state index contributed by atoms with van der Waals surface area (Å²) >= 11 is 0. The smallest absolute Gasteiger partial charge is 0.0757 e. The molecule has 1 atom stereocenters. The van der Waals surface area contributed by atoms with E-state index in [1.165, 1.54) is 19.4 Å². The summed E-state index contributed by atoms with van der Waals surface area (Å²) < 4.78 is 6.04. The van der Waals surface area contributed by atoms with E-state index in [0.29, 0.717) is 11.5 Å². The average Bonchev–Trinajstić information content (AvgIpc) is 2.31. The molecule has 1 rings (SSSR count). The zero-order valence-electron chi connectivity index (χ0n) is 15.7. The topological polar surface area (TPSA) is 24.5 Å². The molecule has 0 spiro atoms. The summed E-state index contributed by atoms with van der Waals surface area (Å²) in [6.07, 6.45) is 2.77. The van der Waals surface area contributed by atoms with E-state index in [1.54, 1.807) is 0 Å². The molecule has 3 nitrogen and oxygen atoms in total. The zero-order valence-corrected chi connectivity index (χ0v) is 15.7. The molecular formula is C18H38N2O. The Morgan fingerprint density at radius 3 is 2.19 bits per heavy atom. The molecule has 1 N–H and O–H groups in total. The quantitative estimate of drug-likeness (QED) is 0.809. The van der Waals surface area contributed by atoms with Gasteiger partial charge >= 0.3 is 0 Å². The van der Waals surface area contributed by atoms with Crippen molar-refractivity contribution in [1.82, 2.24) is 10.2 Å². The van der Waals surface area contributed by atoms with Crippen LogP contribution in [-0.2, 0) is 4.74 Å². The van der Waals surface area contributed by atoms with Gasteiger partial charge in [0, 0.05) is 31.7 Å². The monoisotopic (exact) mass is 298 g/mol. The number of nitrogens with zero attached hydrogens (tertiary/aromatic N) is 1. The van der Waals surface area contributed by atoms with Crippen LogP contribution in [0.5, 0.6) is 0 Å². The summed E-state index contributed by atoms with van der Waals surface area (Å²) in [7, 11) is 0. The van der Waals surface area contributed by atoms with E-state index in [-0.39, 0.29) is 11.1 Å². The van der Waals surface area contributed by atoms with Crippen molar-refractivity contribution < 1.29 is 4.74 Å². The fourth-order valence-corrected chi connectivity index (χ4v) is 3.41. The van der Waals surface area contributed by atoms with Crippen LogP contribution in [0.4, 0.5) is 0 Å². The molecular weight excluding hydrogens is 260 g/mol. The van der Waals surface area contributed by atoms with Gasteiger partial charge in [0.15, 0.2) is 0 Å². The molecule has 0 amide bonds. The van der Waals surface area contributed by atoms with Gasteiger partial charge in [-0.05, 0) is 59.8 Å². The van der Waals surface area contributed by atoms with Crippen molar-refractivity contribution in [3.63, 3.8) is 0 Å². The summed E-state index contributed by atoms with van der Waals surface area (Å²) in [6.45, 7) is 22.4. The number of hydrogen-bond acceptors (Lipinski definition) is 3. The molecule has 0 radical (unpaired) electrons. The normalized spacial score (nSPS) is 24.3. The molecule has 126 valence electrons.